The standard InChI is InChI=1S/C14H8ClN5OS3/c15-8-3-5-9(6-4-8)20-12(21)17-18-13(20)23-14-16-11(19-24-14)10-2-1-7-22-10/h1-7H,(H,17,21). The Hall–Kier alpha value is -1.94. The fraction of sp³-hybridized carbons (Fsp3) is 0. The molecule has 24 heavy (non-hydrogen) atoms. The number of thiophene rings is 1. The van der Waals surface area contributed by atoms with E-state index in [1.807, 2.05) is 17.5 Å². The van der Waals surface area contributed by atoms with Gasteiger partial charge in [-0.05, 0) is 59.0 Å². The van der Waals surface area contributed by atoms with Gasteiger partial charge in [0.1, 0.15) is 0 Å². The third kappa shape index (κ3) is 3.03. The van der Waals surface area contributed by atoms with Crippen molar-refractivity contribution in [2.24, 2.45) is 0 Å². The molecule has 0 aliphatic rings. The molecule has 0 fully saturated rings. The van der Waals surface area contributed by atoms with Crippen LogP contribution in [0.2, 0.25) is 5.02 Å². The smallest absolute Gasteiger partial charge is 0.246 e. The van der Waals surface area contributed by atoms with Gasteiger partial charge >= 0.3 is 5.69 Å². The fourth-order valence-corrected chi connectivity index (χ4v) is 4.42. The summed E-state index contributed by atoms with van der Waals surface area (Å²) in [6.45, 7) is 0. The van der Waals surface area contributed by atoms with Crippen LogP contribution in [0.15, 0.2) is 56.1 Å². The largest absolute Gasteiger partial charge is 0.348 e. The second kappa shape index (κ2) is 6.52. The molecular weight excluding hydrogens is 386 g/mol. The number of aromatic nitrogens is 5. The van der Waals surface area contributed by atoms with E-state index in [0.717, 1.165) is 4.88 Å². The molecule has 1 aromatic carbocycles. The van der Waals surface area contributed by atoms with Gasteiger partial charge in [0.2, 0.25) is 5.16 Å². The van der Waals surface area contributed by atoms with Crippen molar-refractivity contribution < 1.29 is 0 Å². The van der Waals surface area contributed by atoms with Crippen LogP contribution in [-0.4, -0.2) is 24.1 Å². The molecule has 4 rings (SSSR count). The van der Waals surface area contributed by atoms with Crippen molar-refractivity contribution in [1.82, 2.24) is 24.1 Å². The lowest BCUT2D eigenvalue weighted by atomic mass is 10.3. The molecule has 0 unspecified atom stereocenters. The number of benzene rings is 1. The average Bonchev–Trinajstić information content (AvgIpc) is 3.30. The number of hydrogen-bond acceptors (Lipinski definition) is 7. The number of nitrogens with zero attached hydrogens (tertiary/aromatic N) is 4. The molecule has 0 saturated heterocycles. The predicted molar refractivity (Wildman–Crippen MR) is 96.5 cm³/mol. The Morgan fingerprint density at radius 1 is 1.21 bits per heavy atom. The topological polar surface area (TPSA) is 76.5 Å². The van der Waals surface area contributed by atoms with Gasteiger partial charge in [-0.15, -0.1) is 16.4 Å². The summed E-state index contributed by atoms with van der Waals surface area (Å²) in [5.74, 6) is 0.688. The van der Waals surface area contributed by atoms with E-state index in [0.29, 0.717) is 26.0 Å². The van der Waals surface area contributed by atoms with Crippen LogP contribution in [0.1, 0.15) is 0 Å². The molecule has 0 atom stereocenters. The number of H-pyrrole nitrogens is 1. The molecule has 3 heterocycles. The Morgan fingerprint density at radius 2 is 2.04 bits per heavy atom. The maximum Gasteiger partial charge on any atom is 0.348 e. The molecule has 4 aromatic rings. The number of aromatic amines is 1. The van der Waals surface area contributed by atoms with Gasteiger partial charge in [-0.3, -0.25) is 0 Å². The maximum absolute atomic E-state index is 12.1. The molecule has 0 amide bonds. The van der Waals surface area contributed by atoms with E-state index in [9.17, 15) is 4.79 Å². The van der Waals surface area contributed by atoms with Crippen LogP contribution in [-0.2, 0) is 0 Å². The summed E-state index contributed by atoms with van der Waals surface area (Å²) in [4.78, 5) is 17.6. The van der Waals surface area contributed by atoms with E-state index in [1.165, 1.54) is 27.9 Å². The van der Waals surface area contributed by atoms with Crippen LogP contribution in [0.3, 0.4) is 0 Å². The quantitative estimate of drug-likeness (QED) is 0.568. The van der Waals surface area contributed by atoms with E-state index < -0.39 is 0 Å². The third-order valence-corrected chi connectivity index (χ3v) is 5.88. The summed E-state index contributed by atoms with van der Waals surface area (Å²) in [6.07, 6.45) is 0. The number of nitrogens with one attached hydrogen (secondary N) is 1. The Morgan fingerprint density at radius 3 is 2.79 bits per heavy atom. The predicted octanol–water partition coefficient (Wildman–Crippen LogP) is 3.95. The number of halogens is 1. The van der Waals surface area contributed by atoms with Crippen molar-refractivity contribution in [1.29, 1.82) is 0 Å². The van der Waals surface area contributed by atoms with Crippen molar-refractivity contribution in [3.8, 4) is 16.4 Å². The Labute approximate surface area is 153 Å². The first kappa shape index (κ1) is 15.6. The highest BCUT2D eigenvalue weighted by Crippen LogP contribution is 2.31. The second-order valence-corrected chi connectivity index (χ2v) is 7.94. The summed E-state index contributed by atoms with van der Waals surface area (Å²) < 4.78 is 6.55. The van der Waals surface area contributed by atoms with E-state index in [-0.39, 0.29) is 5.69 Å². The zero-order valence-corrected chi connectivity index (χ0v) is 15.0. The van der Waals surface area contributed by atoms with Gasteiger partial charge in [-0.1, -0.05) is 17.7 Å². The Kier molecular flexibility index (Phi) is 4.23. The third-order valence-electron chi connectivity index (χ3n) is 3.05. The minimum atomic E-state index is -0.317. The number of rotatable bonds is 4. The lowest BCUT2D eigenvalue weighted by Crippen LogP contribution is -2.15. The van der Waals surface area contributed by atoms with Crippen LogP contribution in [0.5, 0.6) is 0 Å². The summed E-state index contributed by atoms with van der Waals surface area (Å²) in [6, 6.07) is 10.9. The summed E-state index contributed by atoms with van der Waals surface area (Å²) in [5.41, 5.74) is 0.367. The van der Waals surface area contributed by atoms with E-state index in [2.05, 4.69) is 19.6 Å². The van der Waals surface area contributed by atoms with Gasteiger partial charge in [0.25, 0.3) is 0 Å². The molecule has 3 aromatic heterocycles. The Balaban J connectivity index is 1.66. The molecule has 10 heteroatoms. The molecule has 0 bridgehead atoms. The highest BCUT2D eigenvalue weighted by Gasteiger charge is 2.15. The molecule has 1 N–H and O–H groups in total. The first-order chi connectivity index (χ1) is 11.7. The molecule has 6 nitrogen and oxygen atoms in total. The normalized spacial score (nSPS) is 11.0. The maximum atomic E-state index is 12.1. The molecule has 0 radical (unpaired) electrons. The van der Waals surface area contributed by atoms with Gasteiger partial charge in [0, 0.05) is 5.02 Å². The summed E-state index contributed by atoms with van der Waals surface area (Å²) in [5, 5.41) is 9.63. The lowest BCUT2D eigenvalue weighted by molar-refractivity contribution is 0.869. The van der Waals surface area contributed by atoms with Crippen molar-refractivity contribution in [3.63, 3.8) is 0 Å². The van der Waals surface area contributed by atoms with Crippen molar-refractivity contribution >= 4 is 46.2 Å². The molecule has 0 aliphatic carbocycles. The van der Waals surface area contributed by atoms with Crippen LogP contribution < -0.4 is 5.69 Å². The van der Waals surface area contributed by atoms with Crippen LogP contribution >= 0.6 is 46.2 Å². The molecule has 0 aliphatic heterocycles. The van der Waals surface area contributed by atoms with Gasteiger partial charge in [0.15, 0.2) is 10.2 Å². The first-order valence-electron chi connectivity index (χ1n) is 6.69. The lowest BCUT2D eigenvalue weighted by Gasteiger charge is -2.03. The zero-order valence-electron chi connectivity index (χ0n) is 11.8. The monoisotopic (exact) mass is 393 g/mol. The molecule has 0 saturated carbocycles. The van der Waals surface area contributed by atoms with E-state index in [4.69, 9.17) is 11.6 Å². The number of hydrogen-bond donors (Lipinski definition) is 1. The summed E-state index contributed by atoms with van der Waals surface area (Å²) >= 11 is 10.1. The highest BCUT2D eigenvalue weighted by molar-refractivity contribution is 8.00. The van der Waals surface area contributed by atoms with Gasteiger partial charge in [-0.25, -0.2) is 19.4 Å². The van der Waals surface area contributed by atoms with Crippen molar-refractivity contribution in [3.05, 3.63) is 57.3 Å². The van der Waals surface area contributed by atoms with Gasteiger partial charge < -0.3 is 0 Å². The highest BCUT2D eigenvalue weighted by atomic mass is 35.5. The van der Waals surface area contributed by atoms with Crippen molar-refractivity contribution in [2.45, 2.75) is 9.50 Å². The fourth-order valence-electron chi connectivity index (χ4n) is 2.00. The zero-order chi connectivity index (χ0) is 16.5. The second-order valence-electron chi connectivity index (χ2n) is 4.59. The molecule has 0 spiro atoms. The van der Waals surface area contributed by atoms with Crippen molar-refractivity contribution in [2.75, 3.05) is 0 Å². The van der Waals surface area contributed by atoms with E-state index >= 15 is 0 Å². The minimum absolute atomic E-state index is 0.317. The average molecular weight is 394 g/mol. The van der Waals surface area contributed by atoms with Crippen LogP contribution in [0.4, 0.5) is 0 Å². The molecule has 120 valence electrons. The summed E-state index contributed by atoms with van der Waals surface area (Å²) in [7, 11) is 0. The first-order valence-corrected chi connectivity index (χ1v) is 9.54. The molecular formula is C14H8ClN5OS3. The van der Waals surface area contributed by atoms with Crippen LogP contribution in [0, 0.1) is 0 Å². The van der Waals surface area contributed by atoms with Crippen LogP contribution in [0.25, 0.3) is 16.4 Å². The minimum Gasteiger partial charge on any atom is -0.246 e. The SMILES string of the molecule is O=c1[nH]nc(Sc2nc(-c3cccs3)ns2)n1-c1ccc(Cl)cc1. The van der Waals surface area contributed by atoms with Gasteiger partial charge in [0.05, 0.1) is 10.6 Å². The Bertz CT molecular complexity index is 1020. The van der Waals surface area contributed by atoms with E-state index in [1.54, 1.807) is 35.6 Å². The van der Waals surface area contributed by atoms with Gasteiger partial charge in [-0.2, -0.15) is 4.37 Å².